The summed E-state index contributed by atoms with van der Waals surface area (Å²) in [5.74, 6) is 0.240. The number of amides is 5. The van der Waals surface area contributed by atoms with Gasteiger partial charge in [0, 0.05) is 68.4 Å². The SMILES string of the molecule is O=C1CCC(N2C(=O)c3ccc(N4CCC(CNC56CCCC(C5)C(C(=O)N5CCN7c8cc(-c9ccccc9O)nnc8NC[C@H]7C5)CC6)CC4)cc3C2=O)C(=O)N1. The fourth-order valence-corrected chi connectivity index (χ4v) is 11.2. The number of aromatic nitrogens is 2. The third-order valence-corrected chi connectivity index (χ3v) is 14.4. The Kier molecular flexibility index (Phi) is 9.53. The van der Waals surface area contributed by atoms with Gasteiger partial charge in [0.05, 0.1) is 28.6 Å². The lowest BCUT2D eigenvalue weighted by Gasteiger charge is -2.51. The van der Waals surface area contributed by atoms with Crippen LogP contribution < -0.4 is 25.8 Å². The molecule has 2 aromatic carbocycles. The molecular formula is C44H51N9O6. The van der Waals surface area contributed by atoms with Crippen molar-refractivity contribution in [2.75, 3.05) is 60.9 Å². The summed E-state index contributed by atoms with van der Waals surface area (Å²) in [4.78, 5) is 72.8. The highest BCUT2D eigenvalue weighted by molar-refractivity contribution is 6.23. The van der Waals surface area contributed by atoms with Crippen LogP contribution in [0.15, 0.2) is 48.5 Å². The molecule has 2 bridgehead atoms. The number of nitrogens with one attached hydrogen (secondary N) is 3. The first-order valence-electron chi connectivity index (χ1n) is 21.5. The van der Waals surface area contributed by atoms with Gasteiger partial charge in [-0.2, -0.15) is 0 Å². The summed E-state index contributed by atoms with van der Waals surface area (Å²) in [6, 6.07) is 13.7. The number of rotatable bonds is 7. The van der Waals surface area contributed by atoms with E-state index < -0.39 is 23.8 Å². The first kappa shape index (κ1) is 37.7. The Labute approximate surface area is 342 Å². The topological polar surface area (TPSA) is 180 Å². The lowest BCUT2D eigenvalue weighted by molar-refractivity contribution is -0.141. The van der Waals surface area contributed by atoms with E-state index in [0.29, 0.717) is 59.8 Å². The van der Waals surface area contributed by atoms with E-state index >= 15 is 0 Å². The van der Waals surface area contributed by atoms with Gasteiger partial charge in [0.1, 0.15) is 11.8 Å². The molecule has 15 nitrogen and oxygen atoms in total. The summed E-state index contributed by atoms with van der Waals surface area (Å²) in [6.45, 7) is 5.41. The average Bonchev–Trinajstić information content (AvgIpc) is 3.50. The molecule has 0 spiro atoms. The number of nitrogens with zero attached hydrogens (tertiary/aromatic N) is 6. The largest absolute Gasteiger partial charge is 0.507 e. The van der Waals surface area contributed by atoms with E-state index in [1.165, 1.54) is 0 Å². The van der Waals surface area contributed by atoms with E-state index in [1.54, 1.807) is 24.3 Å². The summed E-state index contributed by atoms with van der Waals surface area (Å²) in [5, 5.41) is 29.0. The van der Waals surface area contributed by atoms with Crippen LogP contribution in [0.4, 0.5) is 17.2 Å². The predicted octanol–water partition coefficient (Wildman–Crippen LogP) is 3.54. The number of para-hydroxylation sites is 1. The van der Waals surface area contributed by atoms with E-state index in [0.717, 1.165) is 99.6 Å². The van der Waals surface area contributed by atoms with Gasteiger partial charge in [-0.15, -0.1) is 10.2 Å². The van der Waals surface area contributed by atoms with Gasteiger partial charge >= 0.3 is 0 Å². The summed E-state index contributed by atoms with van der Waals surface area (Å²) < 4.78 is 0. The lowest BCUT2D eigenvalue weighted by atomic mass is 9.62. The van der Waals surface area contributed by atoms with Crippen LogP contribution in [0.2, 0.25) is 0 Å². The van der Waals surface area contributed by atoms with Crippen molar-refractivity contribution < 1.29 is 29.1 Å². The minimum Gasteiger partial charge on any atom is -0.507 e. The smallest absolute Gasteiger partial charge is 0.262 e. The Morgan fingerprint density at radius 1 is 0.881 bits per heavy atom. The molecule has 2 aliphatic carbocycles. The quantitative estimate of drug-likeness (QED) is 0.256. The van der Waals surface area contributed by atoms with Crippen LogP contribution in [-0.4, -0.2) is 118 Å². The van der Waals surface area contributed by atoms with Gasteiger partial charge in [-0.1, -0.05) is 18.6 Å². The first-order chi connectivity index (χ1) is 28.6. The molecule has 5 atom stereocenters. The number of phenolic OH excluding ortho intramolecular Hbond substituents is 1. The van der Waals surface area contributed by atoms with Crippen molar-refractivity contribution in [1.82, 2.24) is 30.6 Å². The molecule has 7 aliphatic rings. The van der Waals surface area contributed by atoms with Gasteiger partial charge in [0.25, 0.3) is 11.8 Å². The Morgan fingerprint density at radius 2 is 1.71 bits per heavy atom. The maximum atomic E-state index is 14.3. The summed E-state index contributed by atoms with van der Waals surface area (Å²) >= 11 is 0. The second-order valence-corrected chi connectivity index (χ2v) is 17.8. The van der Waals surface area contributed by atoms with Crippen LogP contribution in [-0.2, 0) is 14.4 Å². The van der Waals surface area contributed by atoms with Crippen LogP contribution >= 0.6 is 0 Å². The third-order valence-electron chi connectivity index (χ3n) is 14.4. The molecule has 1 aromatic heterocycles. The molecule has 3 saturated heterocycles. The number of carbonyl (C=O) groups is 5. The number of hydrogen-bond donors (Lipinski definition) is 4. The molecule has 10 rings (SSSR count). The standard InChI is InChI=1S/C44H51N9O6/c54-37-6-2-1-5-32(37)34-21-36-39(49-48-34)45-24-29-25-51(18-19-52(29)36)41(57)30-11-15-44(14-3-4-27(30)22-44)46-23-26-12-16-50(17-13-26)28-7-8-31-33(20-28)43(59)53(42(31)58)35-9-10-38(55)47-40(35)56/h1-2,5-8,20-21,26-27,29-30,35,46,54H,3-4,9-19,22-25H2,(H,45,49)(H,47,55,56)/t27?,29-,30?,35?,44?/m0/s1. The molecular weight excluding hydrogens is 751 g/mol. The highest BCUT2D eigenvalue weighted by Gasteiger charge is 2.48. The molecule has 15 heteroatoms. The number of phenols is 1. The number of anilines is 3. The molecule has 4 N–H and O–H groups in total. The number of hydrogen-bond acceptors (Lipinski definition) is 12. The lowest BCUT2D eigenvalue weighted by Crippen LogP contribution is -2.61. The van der Waals surface area contributed by atoms with Gasteiger partial charge in [-0.05, 0) is 106 Å². The molecule has 4 unspecified atom stereocenters. The van der Waals surface area contributed by atoms with Crippen LogP contribution in [0.25, 0.3) is 11.3 Å². The fourth-order valence-electron chi connectivity index (χ4n) is 11.2. The fraction of sp³-hybridized carbons (Fsp3) is 0.523. The molecule has 6 heterocycles. The minimum absolute atomic E-state index is 0.0629. The molecule has 59 heavy (non-hydrogen) atoms. The molecule has 2 saturated carbocycles. The maximum Gasteiger partial charge on any atom is 0.262 e. The number of fused-ring (bicyclic) bond motifs is 6. The number of piperidine rings is 2. The monoisotopic (exact) mass is 801 g/mol. The Hall–Kier alpha value is -5.57. The Balaban J connectivity index is 0.720. The van der Waals surface area contributed by atoms with Gasteiger partial charge < -0.3 is 30.4 Å². The highest BCUT2D eigenvalue weighted by Crippen LogP contribution is 2.47. The zero-order valence-corrected chi connectivity index (χ0v) is 33.2. The van der Waals surface area contributed by atoms with Crippen molar-refractivity contribution >= 4 is 46.7 Å². The van der Waals surface area contributed by atoms with Gasteiger partial charge in [-0.25, -0.2) is 0 Å². The van der Waals surface area contributed by atoms with Crippen LogP contribution in [0.5, 0.6) is 5.75 Å². The summed E-state index contributed by atoms with van der Waals surface area (Å²) in [7, 11) is 0. The molecule has 0 radical (unpaired) electrons. The summed E-state index contributed by atoms with van der Waals surface area (Å²) in [5.41, 5.74) is 3.84. The summed E-state index contributed by atoms with van der Waals surface area (Å²) in [6.07, 6.45) is 8.62. The Bertz CT molecular complexity index is 2230. The van der Waals surface area contributed by atoms with Gasteiger partial charge in [-0.3, -0.25) is 34.2 Å². The van der Waals surface area contributed by atoms with Crippen molar-refractivity contribution in [3.05, 3.63) is 59.7 Å². The van der Waals surface area contributed by atoms with E-state index in [9.17, 15) is 29.1 Å². The van der Waals surface area contributed by atoms with Crippen molar-refractivity contribution in [3.63, 3.8) is 0 Å². The molecule has 5 amide bonds. The van der Waals surface area contributed by atoms with Gasteiger partial charge in [0.15, 0.2) is 5.82 Å². The van der Waals surface area contributed by atoms with Crippen LogP contribution in [0, 0.1) is 17.8 Å². The van der Waals surface area contributed by atoms with Gasteiger partial charge in [0.2, 0.25) is 17.7 Å². The first-order valence-corrected chi connectivity index (χ1v) is 21.5. The van der Waals surface area contributed by atoms with E-state index in [-0.39, 0.29) is 42.0 Å². The molecule has 308 valence electrons. The Morgan fingerprint density at radius 3 is 2.54 bits per heavy atom. The second-order valence-electron chi connectivity index (χ2n) is 17.8. The molecule has 5 aliphatic heterocycles. The van der Waals surface area contributed by atoms with E-state index in [1.807, 2.05) is 24.3 Å². The van der Waals surface area contributed by atoms with E-state index in [4.69, 9.17) is 0 Å². The second kappa shape index (κ2) is 14.9. The number of piperazine rings is 1. The predicted molar refractivity (Wildman–Crippen MR) is 219 cm³/mol. The van der Waals surface area contributed by atoms with Crippen molar-refractivity contribution in [2.45, 2.75) is 81.8 Å². The van der Waals surface area contributed by atoms with Crippen LogP contribution in [0.3, 0.4) is 0 Å². The van der Waals surface area contributed by atoms with Crippen molar-refractivity contribution in [2.24, 2.45) is 17.8 Å². The number of benzene rings is 2. The zero-order chi connectivity index (χ0) is 40.4. The maximum absolute atomic E-state index is 14.3. The number of aromatic hydroxyl groups is 1. The minimum atomic E-state index is -0.972. The third kappa shape index (κ3) is 6.76. The van der Waals surface area contributed by atoms with Crippen LogP contribution in [0.1, 0.15) is 84.9 Å². The van der Waals surface area contributed by atoms with Crippen molar-refractivity contribution in [1.29, 1.82) is 0 Å². The zero-order valence-electron chi connectivity index (χ0n) is 33.2. The molecule has 3 aromatic rings. The number of carbonyl (C=O) groups excluding carboxylic acids is 5. The normalized spacial score (nSPS) is 28.1. The average molecular weight is 802 g/mol. The van der Waals surface area contributed by atoms with Crippen molar-refractivity contribution in [3.8, 4) is 17.0 Å². The molecule has 5 fully saturated rings. The number of imide groups is 2. The van der Waals surface area contributed by atoms with E-state index in [2.05, 4.69) is 40.8 Å². The highest BCUT2D eigenvalue weighted by atomic mass is 16.3.